The van der Waals surface area contributed by atoms with Crippen molar-refractivity contribution in [2.45, 2.75) is 90.5 Å². The SMILES string of the molecule is Cc1cc(-c2ccc3c(n2)N[C@H]2CCCN3C2)ccn1.Cc1cc(B2OC(C)(C)C(C)(C)O2)ccn1.Clc1ccc2c(n1)N[C@H]1CCCN2C1. The van der Waals surface area contributed by atoms with Crippen LogP contribution in [0.25, 0.3) is 11.3 Å². The second-order valence-corrected chi connectivity index (χ2v) is 15.3. The Balaban J connectivity index is 0.000000120. The molecule has 5 aliphatic heterocycles. The lowest BCUT2D eigenvalue weighted by atomic mass is 9.79. The molecule has 3 saturated heterocycles. The number of piperidine rings is 2. The van der Waals surface area contributed by atoms with Crippen LogP contribution in [0.1, 0.15) is 64.8 Å². The molecule has 2 N–H and O–H groups in total. The maximum Gasteiger partial charge on any atom is 0.494 e. The van der Waals surface area contributed by atoms with E-state index in [2.05, 4.69) is 87.3 Å². The Morgan fingerprint density at radius 2 is 1.30 bits per heavy atom. The fraction of sp³-hybridized carbons (Fsp3) is 0.474. The van der Waals surface area contributed by atoms with E-state index in [4.69, 9.17) is 25.9 Å². The Bertz CT molecular complexity index is 1820. The number of pyridine rings is 4. The topological polar surface area (TPSA) is 101 Å². The molecule has 5 aliphatic rings. The first-order chi connectivity index (χ1) is 23.9. The minimum atomic E-state index is -0.285. The van der Waals surface area contributed by atoms with Gasteiger partial charge in [-0.3, -0.25) is 9.97 Å². The molecule has 12 heteroatoms. The maximum atomic E-state index is 5.96. The largest absolute Gasteiger partial charge is 0.494 e. The summed E-state index contributed by atoms with van der Waals surface area (Å²) < 4.78 is 11.9. The number of hydrogen-bond acceptors (Lipinski definition) is 10. The Morgan fingerprint density at radius 1 is 0.740 bits per heavy atom. The molecule has 50 heavy (non-hydrogen) atoms. The van der Waals surface area contributed by atoms with Crippen LogP contribution < -0.4 is 25.9 Å². The summed E-state index contributed by atoms with van der Waals surface area (Å²) in [4.78, 5) is 22.4. The fourth-order valence-corrected chi connectivity index (χ4v) is 7.32. The van der Waals surface area contributed by atoms with E-state index >= 15 is 0 Å². The number of fused-ring (bicyclic) bond motifs is 8. The Morgan fingerprint density at radius 3 is 1.90 bits per heavy atom. The van der Waals surface area contributed by atoms with E-state index in [9.17, 15) is 0 Å². The van der Waals surface area contributed by atoms with Gasteiger partial charge in [0.15, 0.2) is 11.6 Å². The molecule has 0 radical (unpaired) electrons. The first-order valence-electron chi connectivity index (χ1n) is 17.9. The van der Waals surface area contributed by atoms with Crippen molar-refractivity contribution in [2.75, 3.05) is 46.6 Å². The van der Waals surface area contributed by atoms with Gasteiger partial charge in [0, 0.05) is 67.6 Å². The van der Waals surface area contributed by atoms with E-state index < -0.39 is 0 Å². The molecule has 0 saturated carbocycles. The highest BCUT2D eigenvalue weighted by molar-refractivity contribution is 6.62. The predicted octanol–water partition coefficient (Wildman–Crippen LogP) is 6.66. The van der Waals surface area contributed by atoms with Crippen LogP contribution in [0.4, 0.5) is 23.0 Å². The number of halogens is 1. The van der Waals surface area contributed by atoms with Crippen LogP contribution >= 0.6 is 11.6 Å². The van der Waals surface area contributed by atoms with Gasteiger partial charge < -0.3 is 29.7 Å². The zero-order valence-electron chi connectivity index (χ0n) is 30.0. The molecular weight excluding hydrogens is 647 g/mol. The molecule has 0 aromatic carbocycles. The van der Waals surface area contributed by atoms with Crippen molar-refractivity contribution in [1.29, 1.82) is 0 Å². The van der Waals surface area contributed by atoms with Gasteiger partial charge in [0.2, 0.25) is 0 Å². The molecule has 4 bridgehead atoms. The third kappa shape index (κ3) is 7.41. The van der Waals surface area contributed by atoms with Crippen molar-refractivity contribution in [3.05, 3.63) is 77.5 Å². The summed E-state index contributed by atoms with van der Waals surface area (Å²) in [5, 5.41) is 7.58. The van der Waals surface area contributed by atoms with Crippen LogP contribution in [0.3, 0.4) is 0 Å². The van der Waals surface area contributed by atoms with Gasteiger partial charge in [-0.15, -0.1) is 0 Å². The molecular formula is C38H48BClN8O2. The number of aromatic nitrogens is 4. The molecule has 10 nitrogen and oxygen atoms in total. The highest BCUT2D eigenvalue weighted by Crippen LogP contribution is 2.37. The molecule has 262 valence electrons. The minimum Gasteiger partial charge on any atom is -0.399 e. The van der Waals surface area contributed by atoms with Gasteiger partial charge in [-0.05, 0) is 121 Å². The molecule has 4 aromatic rings. The molecule has 3 fully saturated rings. The van der Waals surface area contributed by atoms with Gasteiger partial charge in [0.1, 0.15) is 5.15 Å². The second-order valence-electron chi connectivity index (χ2n) is 14.9. The normalized spacial score (nSPS) is 22.0. The quantitative estimate of drug-likeness (QED) is 0.175. The van der Waals surface area contributed by atoms with Gasteiger partial charge in [0.25, 0.3) is 0 Å². The van der Waals surface area contributed by atoms with Crippen LogP contribution in [-0.4, -0.2) is 76.5 Å². The van der Waals surface area contributed by atoms with E-state index in [1.807, 2.05) is 44.3 Å². The summed E-state index contributed by atoms with van der Waals surface area (Å²) in [7, 11) is -0.285. The van der Waals surface area contributed by atoms with Gasteiger partial charge in [-0.2, -0.15) is 0 Å². The lowest BCUT2D eigenvalue weighted by Crippen LogP contribution is -2.46. The maximum absolute atomic E-state index is 5.96. The molecule has 9 rings (SSSR count). The molecule has 0 spiro atoms. The van der Waals surface area contributed by atoms with Gasteiger partial charge in [0.05, 0.1) is 28.3 Å². The third-order valence-electron chi connectivity index (χ3n) is 10.6. The zero-order chi connectivity index (χ0) is 35.0. The molecule has 0 unspecified atom stereocenters. The Kier molecular flexibility index (Phi) is 9.67. The smallest absolute Gasteiger partial charge is 0.399 e. The average Bonchev–Trinajstić information content (AvgIpc) is 3.31. The standard InChI is InChI=1S/C16H18N4.C12H18BNO2.C10H12ClN3/c1-11-9-12(6-7-17-11)14-4-5-15-16(19-14)18-13-3-2-8-20(15)10-13;1-9-8-10(6-7-14-9)13-15-11(2,3)12(4,5)16-13;11-9-4-3-8-10(13-9)12-7-2-1-5-14(8)6-7/h4-7,9,13H,2-3,8,10H2,1H3,(H,18,19);6-8H,1-5H3;3-4,7H,1-2,5-6H2,(H,12,13)/t13-;;7-/m0.0/s1. The summed E-state index contributed by atoms with van der Waals surface area (Å²) in [6.07, 6.45) is 8.65. The number of nitrogens with zero attached hydrogens (tertiary/aromatic N) is 6. The Labute approximate surface area is 301 Å². The highest BCUT2D eigenvalue weighted by atomic mass is 35.5. The summed E-state index contributed by atoms with van der Waals surface area (Å²) in [6, 6.07) is 17.4. The van der Waals surface area contributed by atoms with Gasteiger partial charge >= 0.3 is 7.12 Å². The first kappa shape index (κ1) is 34.5. The van der Waals surface area contributed by atoms with Crippen molar-refractivity contribution in [3.63, 3.8) is 0 Å². The fourth-order valence-electron chi connectivity index (χ4n) is 7.18. The summed E-state index contributed by atoms with van der Waals surface area (Å²) in [5.41, 5.74) is 7.06. The van der Waals surface area contributed by atoms with E-state index in [0.717, 1.165) is 65.9 Å². The van der Waals surface area contributed by atoms with Crippen molar-refractivity contribution >= 4 is 47.2 Å². The van der Waals surface area contributed by atoms with Crippen molar-refractivity contribution in [2.24, 2.45) is 0 Å². The zero-order valence-corrected chi connectivity index (χ0v) is 30.8. The molecule has 0 aliphatic carbocycles. The average molecular weight is 695 g/mol. The van der Waals surface area contributed by atoms with Crippen LogP contribution in [0.15, 0.2) is 60.9 Å². The number of aryl methyl sites for hydroxylation is 2. The molecule has 4 aromatic heterocycles. The van der Waals surface area contributed by atoms with E-state index in [1.54, 1.807) is 6.20 Å². The second kappa shape index (κ2) is 14.0. The summed E-state index contributed by atoms with van der Waals surface area (Å²) in [6.45, 7) is 16.7. The van der Waals surface area contributed by atoms with Gasteiger partial charge in [-0.1, -0.05) is 11.6 Å². The number of nitrogens with one attached hydrogen (secondary N) is 2. The van der Waals surface area contributed by atoms with E-state index in [0.29, 0.717) is 17.2 Å². The minimum absolute atomic E-state index is 0.283. The van der Waals surface area contributed by atoms with Crippen molar-refractivity contribution in [3.8, 4) is 11.3 Å². The summed E-state index contributed by atoms with van der Waals surface area (Å²) >= 11 is 5.86. The third-order valence-corrected chi connectivity index (χ3v) is 10.8. The van der Waals surface area contributed by atoms with Crippen molar-refractivity contribution < 1.29 is 9.31 Å². The van der Waals surface area contributed by atoms with Crippen LogP contribution in [0, 0.1) is 13.8 Å². The summed E-state index contributed by atoms with van der Waals surface area (Å²) in [5.74, 6) is 1.99. The number of hydrogen-bond donors (Lipinski definition) is 2. The van der Waals surface area contributed by atoms with Crippen molar-refractivity contribution in [1.82, 2.24) is 19.9 Å². The van der Waals surface area contributed by atoms with Crippen LogP contribution in [0.5, 0.6) is 0 Å². The molecule has 0 amide bonds. The van der Waals surface area contributed by atoms with Crippen LogP contribution in [0.2, 0.25) is 5.15 Å². The predicted molar refractivity (Wildman–Crippen MR) is 204 cm³/mol. The Hall–Kier alpha value is -3.93. The molecule has 9 heterocycles. The monoisotopic (exact) mass is 694 g/mol. The van der Waals surface area contributed by atoms with E-state index in [1.165, 1.54) is 37.1 Å². The highest BCUT2D eigenvalue weighted by Gasteiger charge is 2.51. The van der Waals surface area contributed by atoms with Crippen LogP contribution in [-0.2, 0) is 9.31 Å². The lowest BCUT2D eigenvalue weighted by molar-refractivity contribution is 0.00578. The number of rotatable bonds is 2. The molecule has 2 atom stereocenters. The van der Waals surface area contributed by atoms with Gasteiger partial charge in [-0.25, -0.2) is 9.97 Å². The number of anilines is 4. The van der Waals surface area contributed by atoms with E-state index in [-0.39, 0.29) is 18.3 Å². The lowest BCUT2D eigenvalue weighted by Gasteiger charge is -2.40. The first-order valence-corrected chi connectivity index (χ1v) is 18.2.